The lowest BCUT2D eigenvalue weighted by Gasteiger charge is -2.06. The van der Waals surface area contributed by atoms with Crippen LogP contribution in [0.25, 0.3) is 17.1 Å². The van der Waals surface area contributed by atoms with Gasteiger partial charge in [-0.15, -0.1) is 5.10 Å². The van der Waals surface area contributed by atoms with Crippen LogP contribution < -0.4 is 5.32 Å². The minimum atomic E-state index is -0.336. The summed E-state index contributed by atoms with van der Waals surface area (Å²) in [6.07, 6.45) is 0. The summed E-state index contributed by atoms with van der Waals surface area (Å²) in [5.74, 6) is 0.418. The molecule has 4 rings (SSSR count). The first-order chi connectivity index (χ1) is 14.0. The van der Waals surface area contributed by atoms with Gasteiger partial charge in [0.15, 0.2) is 5.82 Å². The molecule has 0 fully saturated rings. The molecule has 0 unspecified atom stereocenters. The highest BCUT2D eigenvalue weighted by Gasteiger charge is 2.19. The van der Waals surface area contributed by atoms with Crippen LogP contribution in [-0.2, 0) is 0 Å². The number of aromatic nitrogens is 3. The minimum Gasteiger partial charge on any atom is -0.319 e. The van der Waals surface area contributed by atoms with E-state index in [1.807, 2.05) is 93.6 Å². The SMILES string of the molecule is Cc1cccc(-n2nc(C(=O)Nc3ccc(C)c(C)c3)nc2-c2ccccc2)c1. The van der Waals surface area contributed by atoms with E-state index in [1.165, 1.54) is 5.56 Å². The van der Waals surface area contributed by atoms with Crippen molar-refractivity contribution in [1.29, 1.82) is 0 Å². The van der Waals surface area contributed by atoms with E-state index < -0.39 is 0 Å². The van der Waals surface area contributed by atoms with Gasteiger partial charge in [-0.05, 0) is 61.7 Å². The third kappa shape index (κ3) is 3.94. The standard InChI is InChI=1S/C24H22N4O/c1-16-8-7-11-21(14-16)28-23(19-9-5-4-6-10-19)26-22(27-28)24(29)25-20-13-12-17(2)18(3)15-20/h4-15H,1-3H3,(H,25,29). The third-order valence-corrected chi connectivity index (χ3v) is 4.85. The van der Waals surface area contributed by atoms with Crippen LogP contribution in [0.1, 0.15) is 27.3 Å². The Kier molecular flexibility index (Phi) is 4.96. The van der Waals surface area contributed by atoms with Crippen molar-refractivity contribution in [1.82, 2.24) is 14.8 Å². The molecule has 1 heterocycles. The Bertz CT molecular complexity index is 1180. The molecule has 1 amide bonds. The van der Waals surface area contributed by atoms with Crippen LogP contribution in [0.3, 0.4) is 0 Å². The van der Waals surface area contributed by atoms with Crippen molar-refractivity contribution in [2.45, 2.75) is 20.8 Å². The van der Waals surface area contributed by atoms with Crippen molar-refractivity contribution in [3.05, 3.63) is 95.3 Å². The Labute approximate surface area is 170 Å². The molecular weight excluding hydrogens is 360 g/mol. The topological polar surface area (TPSA) is 59.8 Å². The summed E-state index contributed by atoms with van der Waals surface area (Å²) in [5, 5.41) is 7.43. The fraction of sp³-hybridized carbons (Fsp3) is 0.125. The van der Waals surface area contributed by atoms with Crippen LogP contribution in [-0.4, -0.2) is 20.7 Å². The Hall–Kier alpha value is -3.73. The van der Waals surface area contributed by atoms with Crippen LogP contribution in [0.5, 0.6) is 0 Å². The first kappa shape index (κ1) is 18.6. The number of nitrogens with zero attached hydrogens (tertiary/aromatic N) is 3. The summed E-state index contributed by atoms with van der Waals surface area (Å²) in [5.41, 5.74) is 5.89. The van der Waals surface area contributed by atoms with Crippen molar-refractivity contribution in [2.75, 3.05) is 5.32 Å². The number of benzene rings is 3. The van der Waals surface area contributed by atoms with Gasteiger partial charge in [0, 0.05) is 11.3 Å². The molecule has 0 radical (unpaired) electrons. The predicted octanol–water partition coefficient (Wildman–Crippen LogP) is 5.11. The van der Waals surface area contributed by atoms with Crippen LogP contribution in [0.4, 0.5) is 5.69 Å². The third-order valence-electron chi connectivity index (χ3n) is 4.85. The number of hydrogen-bond acceptors (Lipinski definition) is 3. The molecule has 29 heavy (non-hydrogen) atoms. The van der Waals surface area contributed by atoms with E-state index in [-0.39, 0.29) is 11.7 Å². The maximum absolute atomic E-state index is 12.9. The summed E-state index contributed by atoms with van der Waals surface area (Å²) in [6, 6.07) is 23.5. The van der Waals surface area contributed by atoms with Gasteiger partial charge < -0.3 is 5.32 Å². The molecule has 4 aromatic rings. The number of rotatable bonds is 4. The Morgan fingerprint density at radius 1 is 0.862 bits per heavy atom. The van der Waals surface area contributed by atoms with Gasteiger partial charge in [0.05, 0.1) is 5.69 Å². The maximum atomic E-state index is 12.9. The van der Waals surface area contributed by atoms with E-state index in [9.17, 15) is 4.79 Å². The molecule has 0 aliphatic carbocycles. The summed E-state index contributed by atoms with van der Waals surface area (Å²) < 4.78 is 1.72. The monoisotopic (exact) mass is 382 g/mol. The van der Waals surface area contributed by atoms with Crippen molar-refractivity contribution in [3.63, 3.8) is 0 Å². The van der Waals surface area contributed by atoms with Gasteiger partial charge in [0.2, 0.25) is 5.82 Å². The lowest BCUT2D eigenvalue weighted by molar-refractivity contribution is 0.101. The van der Waals surface area contributed by atoms with Gasteiger partial charge in [-0.25, -0.2) is 9.67 Å². The van der Waals surface area contributed by atoms with Crippen LogP contribution in [0, 0.1) is 20.8 Å². The average Bonchev–Trinajstić information content (AvgIpc) is 3.17. The van der Waals surface area contributed by atoms with Crippen molar-refractivity contribution >= 4 is 11.6 Å². The zero-order valence-corrected chi connectivity index (χ0v) is 16.7. The highest BCUT2D eigenvalue weighted by atomic mass is 16.2. The molecule has 144 valence electrons. The van der Waals surface area contributed by atoms with E-state index >= 15 is 0 Å². The fourth-order valence-corrected chi connectivity index (χ4v) is 3.13. The molecule has 0 aliphatic rings. The normalized spacial score (nSPS) is 10.7. The quantitative estimate of drug-likeness (QED) is 0.533. The van der Waals surface area contributed by atoms with Crippen molar-refractivity contribution < 1.29 is 4.79 Å². The second-order valence-electron chi connectivity index (χ2n) is 7.13. The molecule has 0 saturated heterocycles. The summed E-state index contributed by atoms with van der Waals surface area (Å²) >= 11 is 0. The minimum absolute atomic E-state index is 0.128. The van der Waals surface area contributed by atoms with Crippen LogP contribution in [0.2, 0.25) is 0 Å². The van der Waals surface area contributed by atoms with Crippen molar-refractivity contribution in [3.8, 4) is 17.1 Å². The molecule has 0 atom stereocenters. The number of anilines is 1. The van der Waals surface area contributed by atoms with Crippen LogP contribution >= 0.6 is 0 Å². The van der Waals surface area contributed by atoms with Gasteiger partial charge in [-0.2, -0.15) is 0 Å². The van der Waals surface area contributed by atoms with E-state index in [4.69, 9.17) is 0 Å². The van der Waals surface area contributed by atoms with Crippen LogP contribution in [0.15, 0.2) is 72.8 Å². The molecule has 1 aromatic heterocycles. The first-order valence-electron chi connectivity index (χ1n) is 9.49. The van der Waals surface area contributed by atoms with Gasteiger partial charge >= 0.3 is 0 Å². The van der Waals surface area contributed by atoms with E-state index in [0.29, 0.717) is 5.82 Å². The molecule has 3 aromatic carbocycles. The molecule has 0 aliphatic heterocycles. The lowest BCUT2D eigenvalue weighted by Crippen LogP contribution is -2.14. The fourth-order valence-electron chi connectivity index (χ4n) is 3.13. The highest BCUT2D eigenvalue weighted by molar-refractivity contribution is 6.01. The van der Waals surface area contributed by atoms with Gasteiger partial charge in [0.1, 0.15) is 0 Å². The van der Waals surface area contributed by atoms with E-state index in [0.717, 1.165) is 28.1 Å². The predicted molar refractivity (Wildman–Crippen MR) is 115 cm³/mol. The zero-order valence-electron chi connectivity index (χ0n) is 16.7. The lowest BCUT2D eigenvalue weighted by atomic mass is 10.1. The molecule has 0 saturated carbocycles. The molecule has 5 heteroatoms. The number of nitrogens with one attached hydrogen (secondary N) is 1. The Morgan fingerprint density at radius 2 is 1.66 bits per heavy atom. The molecule has 0 spiro atoms. The summed E-state index contributed by atoms with van der Waals surface area (Å²) in [6.45, 7) is 6.08. The Balaban J connectivity index is 1.74. The molecule has 1 N–H and O–H groups in total. The van der Waals surface area contributed by atoms with E-state index in [2.05, 4.69) is 15.4 Å². The number of amides is 1. The van der Waals surface area contributed by atoms with Gasteiger partial charge in [-0.1, -0.05) is 48.5 Å². The smallest absolute Gasteiger partial charge is 0.295 e. The second-order valence-corrected chi connectivity index (χ2v) is 7.13. The summed E-state index contributed by atoms with van der Waals surface area (Å²) in [4.78, 5) is 17.4. The number of hydrogen-bond donors (Lipinski definition) is 1. The zero-order chi connectivity index (χ0) is 20.4. The largest absolute Gasteiger partial charge is 0.319 e. The summed E-state index contributed by atoms with van der Waals surface area (Å²) in [7, 11) is 0. The average molecular weight is 382 g/mol. The first-order valence-corrected chi connectivity index (χ1v) is 9.49. The Morgan fingerprint density at radius 3 is 2.38 bits per heavy atom. The number of carbonyl (C=O) groups excluding carboxylic acids is 1. The molecular formula is C24H22N4O. The highest BCUT2D eigenvalue weighted by Crippen LogP contribution is 2.22. The second kappa shape index (κ2) is 7.72. The maximum Gasteiger partial charge on any atom is 0.295 e. The number of carbonyl (C=O) groups is 1. The molecule has 0 bridgehead atoms. The van der Waals surface area contributed by atoms with Gasteiger partial charge in [-0.3, -0.25) is 4.79 Å². The van der Waals surface area contributed by atoms with Crippen molar-refractivity contribution in [2.24, 2.45) is 0 Å². The van der Waals surface area contributed by atoms with E-state index in [1.54, 1.807) is 4.68 Å². The number of aryl methyl sites for hydroxylation is 3. The molecule has 5 nitrogen and oxygen atoms in total. The van der Waals surface area contributed by atoms with Gasteiger partial charge in [0.25, 0.3) is 5.91 Å².